The molecule has 3 nitrogen and oxygen atoms in total. The van der Waals surface area contributed by atoms with Gasteiger partial charge in [0.25, 0.3) is 0 Å². The molecular formula is C17H23N2O+. The Hall–Kier alpha value is -1.64. The zero-order valence-corrected chi connectivity index (χ0v) is 12.5. The number of aryl methyl sites for hydroxylation is 2. The van der Waals surface area contributed by atoms with Crippen molar-refractivity contribution >= 4 is 11.6 Å². The van der Waals surface area contributed by atoms with E-state index >= 15 is 0 Å². The molecule has 0 radical (unpaired) electrons. The highest BCUT2D eigenvalue weighted by atomic mass is 16.1. The number of nitrogens with zero attached hydrogens (tertiary/aromatic N) is 2. The van der Waals surface area contributed by atoms with Gasteiger partial charge in [-0.15, -0.1) is 0 Å². The van der Waals surface area contributed by atoms with Gasteiger partial charge in [-0.05, 0) is 25.8 Å². The van der Waals surface area contributed by atoms with E-state index in [0.29, 0.717) is 6.54 Å². The first-order chi connectivity index (χ1) is 9.65. The molecule has 0 spiro atoms. The van der Waals surface area contributed by atoms with Gasteiger partial charge in [0, 0.05) is 12.0 Å². The molecule has 0 bridgehead atoms. The van der Waals surface area contributed by atoms with Crippen LogP contribution in [-0.2, 0) is 0 Å². The predicted octanol–water partition coefficient (Wildman–Crippen LogP) is 2.40. The lowest BCUT2D eigenvalue weighted by molar-refractivity contribution is -0.529. The van der Waals surface area contributed by atoms with Gasteiger partial charge in [-0.2, -0.15) is 0 Å². The predicted molar refractivity (Wildman–Crippen MR) is 80.7 cm³/mol. The first-order valence-electron chi connectivity index (χ1n) is 7.61. The van der Waals surface area contributed by atoms with Gasteiger partial charge in [0.1, 0.15) is 6.54 Å². The number of ketones is 1. The largest absolute Gasteiger partial charge is 0.290 e. The van der Waals surface area contributed by atoms with E-state index in [1.165, 1.54) is 37.3 Å². The molecule has 0 unspecified atom stereocenters. The minimum absolute atomic E-state index is 0.253. The summed E-state index contributed by atoms with van der Waals surface area (Å²) in [6.07, 6.45) is 3.55. The number of Topliss-reactive ketones (excluding diaryl/α,β-unsaturated/α-hetero) is 1. The summed E-state index contributed by atoms with van der Waals surface area (Å²) in [5, 5.41) is 0. The molecule has 0 atom stereocenters. The minimum Gasteiger partial charge on any atom is -0.290 e. The van der Waals surface area contributed by atoms with E-state index in [4.69, 9.17) is 0 Å². The highest BCUT2D eigenvalue weighted by Gasteiger charge is 2.32. The van der Waals surface area contributed by atoms with E-state index in [0.717, 1.165) is 24.1 Å². The van der Waals surface area contributed by atoms with Crippen LogP contribution in [0.5, 0.6) is 0 Å². The summed E-state index contributed by atoms with van der Waals surface area (Å²) in [6, 6.07) is 6.11. The lowest BCUT2D eigenvalue weighted by atomic mass is 10.0. The van der Waals surface area contributed by atoms with Crippen LogP contribution < -0.4 is 0 Å². The topological polar surface area (TPSA) is 23.3 Å². The van der Waals surface area contributed by atoms with Crippen molar-refractivity contribution in [3.63, 3.8) is 0 Å². The monoisotopic (exact) mass is 271 g/mol. The smallest absolute Gasteiger partial charge is 0.247 e. The van der Waals surface area contributed by atoms with E-state index in [-0.39, 0.29) is 5.78 Å². The molecule has 0 aromatic heterocycles. The van der Waals surface area contributed by atoms with Crippen LogP contribution in [0.1, 0.15) is 40.7 Å². The van der Waals surface area contributed by atoms with Crippen LogP contribution in [0.3, 0.4) is 0 Å². The Labute approximate surface area is 120 Å². The third kappa shape index (κ3) is 2.49. The fraction of sp³-hybridized carbons (Fsp3) is 0.529. The maximum atomic E-state index is 12.6. The molecule has 0 aliphatic carbocycles. The highest BCUT2D eigenvalue weighted by molar-refractivity contribution is 6.00. The number of amidine groups is 1. The second-order valence-electron chi connectivity index (χ2n) is 6.02. The van der Waals surface area contributed by atoms with Crippen LogP contribution in [0.25, 0.3) is 0 Å². The van der Waals surface area contributed by atoms with Crippen molar-refractivity contribution in [1.29, 1.82) is 0 Å². The Morgan fingerprint density at radius 1 is 1.25 bits per heavy atom. The molecule has 2 aliphatic heterocycles. The summed E-state index contributed by atoms with van der Waals surface area (Å²) < 4.78 is 2.46. The van der Waals surface area contributed by atoms with Crippen LogP contribution in [0.2, 0.25) is 0 Å². The SMILES string of the molecule is Cc1ccc(C(=O)CN2CCC[N+]3=C2CCC3)c(C)c1. The second-order valence-corrected chi connectivity index (χ2v) is 6.02. The fourth-order valence-corrected chi connectivity index (χ4v) is 3.45. The number of rotatable bonds is 3. The molecule has 0 fully saturated rings. The summed E-state index contributed by atoms with van der Waals surface area (Å²) in [5.41, 5.74) is 3.19. The van der Waals surface area contributed by atoms with Gasteiger partial charge < -0.3 is 0 Å². The number of hydrogen-bond donors (Lipinski definition) is 0. The number of carbonyl (C=O) groups excluding carboxylic acids is 1. The van der Waals surface area contributed by atoms with Gasteiger partial charge in [-0.1, -0.05) is 23.8 Å². The summed E-state index contributed by atoms with van der Waals surface area (Å²) in [7, 11) is 0. The maximum Gasteiger partial charge on any atom is 0.247 e. The molecule has 0 saturated heterocycles. The molecule has 3 heteroatoms. The van der Waals surface area contributed by atoms with Crippen LogP contribution in [0.4, 0.5) is 0 Å². The number of hydrogen-bond acceptors (Lipinski definition) is 2. The van der Waals surface area contributed by atoms with E-state index < -0.39 is 0 Å². The maximum absolute atomic E-state index is 12.6. The van der Waals surface area contributed by atoms with Crippen molar-refractivity contribution in [3.8, 4) is 0 Å². The van der Waals surface area contributed by atoms with Gasteiger partial charge in [-0.3, -0.25) is 14.3 Å². The van der Waals surface area contributed by atoms with E-state index in [1.807, 2.05) is 19.1 Å². The summed E-state index contributed by atoms with van der Waals surface area (Å²) in [5.74, 6) is 1.65. The first kappa shape index (κ1) is 13.3. The third-order valence-corrected chi connectivity index (χ3v) is 4.43. The molecule has 106 valence electrons. The Morgan fingerprint density at radius 3 is 2.85 bits per heavy atom. The van der Waals surface area contributed by atoms with E-state index in [9.17, 15) is 4.79 Å². The van der Waals surface area contributed by atoms with Gasteiger partial charge in [-0.25, -0.2) is 0 Å². The highest BCUT2D eigenvalue weighted by Crippen LogP contribution is 2.17. The molecule has 3 rings (SSSR count). The zero-order valence-electron chi connectivity index (χ0n) is 12.5. The molecule has 0 amide bonds. The quantitative estimate of drug-likeness (QED) is 0.622. The number of carbonyl (C=O) groups is 1. The van der Waals surface area contributed by atoms with Crippen LogP contribution in [0.15, 0.2) is 18.2 Å². The summed E-state index contributed by atoms with van der Waals surface area (Å²) >= 11 is 0. The van der Waals surface area contributed by atoms with Crippen molar-refractivity contribution in [2.45, 2.75) is 33.1 Å². The van der Waals surface area contributed by atoms with Crippen LogP contribution in [-0.4, -0.2) is 47.3 Å². The van der Waals surface area contributed by atoms with Crippen LogP contribution in [0, 0.1) is 13.8 Å². The Bertz CT molecular complexity index is 574. The van der Waals surface area contributed by atoms with Crippen molar-refractivity contribution in [2.24, 2.45) is 0 Å². The first-order valence-corrected chi connectivity index (χ1v) is 7.61. The van der Waals surface area contributed by atoms with Gasteiger partial charge in [0.15, 0.2) is 0 Å². The molecular weight excluding hydrogens is 248 g/mol. The molecule has 0 saturated carbocycles. The minimum atomic E-state index is 0.253. The molecule has 2 aliphatic rings. The lowest BCUT2D eigenvalue weighted by Gasteiger charge is -2.23. The van der Waals surface area contributed by atoms with Gasteiger partial charge >= 0.3 is 0 Å². The summed E-state index contributed by atoms with van der Waals surface area (Å²) in [4.78, 5) is 14.9. The van der Waals surface area contributed by atoms with E-state index in [1.54, 1.807) is 0 Å². The third-order valence-electron chi connectivity index (χ3n) is 4.43. The van der Waals surface area contributed by atoms with Crippen molar-refractivity contribution in [2.75, 3.05) is 26.2 Å². The van der Waals surface area contributed by atoms with Crippen molar-refractivity contribution in [1.82, 2.24) is 4.90 Å². The fourth-order valence-electron chi connectivity index (χ4n) is 3.45. The van der Waals surface area contributed by atoms with Gasteiger partial charge in [0.2, 0.25) is 11.6 Å². The van der Waals surface area contributed by atoms with Crippen LogP contribution >= 0.6 is 0 Å². The van der Waals surface area contributed by atoms with E-state index in [2.05, 4.69) is 22.5 Å². The average molecular weight is 271 g/mol. The Morgan fingerprint density at radius 2 is 2.05 bits per heavy atom. The van der Waals surface area contributed by atoms with Crippen molar-refractivity contribution in [3.05, 3.63) is 34.9 Å². The Kier molecular flexibility index (Phi) is 3.60. The zero-order chi connectivity index (χ0) is 14.1. The lowest BCUT2D eigenvalue weighted by Crippen LogP contribution is -2.44. The molecule has 20 heavy (non-hydrogen) atoms. The second kappa shape index (κ2) is 5.39. The average Bonchev–Trinajstić information content (AvgIpc) is 2.87. The normalized spacial score (nSPS) is 18.4. The molecule has 1 aromatic carbocycles. The summed E-state index contributed by atoms with van der Waals surface area (Å²) in [6.45, 7) is 8.01. The standard InChI is InChI=1S/C17H23N2O/c1-13-6-7-15(14(2)11-13)16(20)12-19-10-4-9-18-8-3-5-17(18)19/h6-7,11H,3-5,8-10,12H2,1-2H3/q+1. The molecule has 0 N–H and O–H groups in total. The van der Waals surface area contributed by atoms with Crippen molar-refractivity contribution < 1.29 is 9.37 Å². The molecule has 1 aromatic rings. The Balaban J connectivity index is 1.77. The molecule has 2 heterocycles. The van der Waals surface area contributed by atoms with Gasteiger partial charge in [0.05, 0.1) is 26.1 Å². The number of benzene rings is 1.